The maximum absolute atomic E-state index is 13.1. The van der Waals surface area contributed by atoms with E-state index in [4.69, 9.17) is 18.9 Å². The molecule has 0 radical (unpaired) electrons. The van der Waals surface area contributed by atoms with E-state index in [1.165, 1.54) is 33.5 Å². The number of piperazine rings is 1. The number of halogens is 1. The minimum atomic E-state index is -0.541. The molecule has 0 unspecified atom stereocenters. The predicted octanol–water partition coefficient (Wildman–Crippen LogP) is 3.61. The van der Waals surface area contributed by atoms with Crippen molar-refractivity contribution in [3.8, 4) is 17.2 Å². The highest BCUT2D eigenvalue weighted by Crippen LogP contribution is 2.39. The third-order valence-corrected chi connectivity index (χ3v) is 5.33. The lowest BCUT2D eigenvalue weighted by Crippen LogP contribution is -2.46. The standard InChI is InChI=1S/C23H30FN3O5/c1-29-20-15-18(16-21(30-2)22(20)31-3)25-23(28)32-14-4-9-26-10-12-27(13-11-26)19-7-5-17(24)6-8-19/h5-8,15-16H,4,9-14H2,1-3H3,(H,25,28). The Morgan fingerprint density at radius 3 is 2.16 bits per heavy atom. The fraction of sp³-hybridized carbons (Fsp3) is 0.435. The van der Waals surface area contributed by atoms with Gasteiger partial charge in [-0.1, -0.05) is 0 Å². The van der Waals surface area contributed by atoms with Crippen LogP contribution in [-0.2, 0) is 4.74 Å². The molecule has 0 spiro atoms. The summed E-state index contributed by atoms with van der Waals surface area (Å²) in [7, 11) is 4.54. The van der Waals surface area contributed by atoms with Crippen LogP contribution in [0.1, 0.15) is 6.42 Å². The molecule has 0 aliphatic carbocycles. The molecular formula is C23H30FN3O5. The van der Waals surface area contributed by atoms with Gasteiger partial charge < -0.3 is 23.8 Å². The van der Waals surface area contributed by atoms with E-state index in [9.17, 15) is 9.18 Å². The Hall–Kier alpha value is -3.20. The van der Waals surface area contributed by atoms with Crippen LogP contribution in [0.3, 0.4) is 0 Å². The number of nitrogens with zero attached hydrogens (tertiary/aromatic N) is 2. The Labute approximate surface area is 187 Å². The summed E-state index contributed by atoms with van der Waals surface area (Å²) in [4.78, 5) is 16.7. The molecule has 174 valence electrons. The quantitative estimate of drug-likeness (QED) is 0.589. The van der Waals surface area contributed by atoms with Gasteiger partial charge in [0.15, 0.2) is 11.5 Å². The van der Waals surface area contributed by atoms with Crippen LogP contribution in [0.5, 0.6) is 17.2 Å². The van der Waals surface area contributed by atoms with Gasteiger partial charge in [0.25, 0.3) is 0 Å². The summed E-state index contributed by atoms with van der Waals surface area (Å²) in [6, 6.07) is 9.88. The third kappa shape index (κ3) is 6.16. The maximum Gasteiger partial charge on any atom is 0.411 e. The number of nitrogens with one attached hydrogen (secondary N) is 1. The number of rotatable bonds is 9. The molecule has 0 atom stereocenters. The zero-order chi connectivity index (χ0) is 22.9. The highest BCUT2D eigenvalue weighted by molar-refractivity contribution is 5.86. The molecule has 0 saturated carbocycles. The van der Waals surface area contributed by atoms with Gasteiger partial charge in [0.05, 0.1) is 33.6 Å². The molecule has 1 aliphatic heterocycles. The number of hydrogen-bond donors (Lipinski definition) is 1. The van der Waals surface area contributed by atoms with E-state index < -0.39 is 6.09 Å². The molecule has 1 aliphatic rings. The SMILES string of the molecule is COc1cc(NC(=O)OCCCN2CCN(c3ccc(F)cc3)CC2)cc(OC)c1OC. The Kier molecular flexibility index (Phi) is 8.38. The van der Waals surface area contributed by atoms with Crippen LogP contribution in [0.15, 0.2) is 36.4 Å². The van der Waals surface area contributed by atoms with Crippen LogP contribution in [-0.4, -0.2) is 71.7 Å². The van der Waals surface area contributed by atoms with Crippen LogP contribution >= 0.6 is 0 Å². The first-order chi connectivity index (χ1) is 15.5. The van der Waals surface area contributed by atoms with Crippen molar-refractivity contribution < 1.29 is 28.1 Å². The third-order valence-electron chi connectivity index (χ3n) is 5.33. The predicted molar refractivity (Wildman–Crippen MR) is 121 cm³/mol. The summed E-state index contributed by atoms with van der Waals surface area (Å²) >= 11 is 0. The minimum absolute atomic E-state index is 0.221. The molecule has 0 aromatic heterocycles. The molecule has 0 bridgehead atoms. The van der Waals surface area contributed by atoms with E-state index in [1.54, 1.807) is 12.1 Å². The first kappa shape index (κ1) is 23.5. The monoisotopic (exact) mass is 447 g/mol. The molecule has 9 heteroatoms. The van der Waals surface area contributed by atoms with Crippen LogP contribution in [0, 0.1) is 5.82 Å². The van der Waals surface area contributed by atoms with Crippen molar-refractivity contribution in [1.82, 2.24) is 4.90 Å². The van der Waals surface area contributed by atoms with Gasteiger partial charge in [-0.05, 0) is 30.7 Å². The zero-order valence-electron chi connectivity index (χ0n) is 18.7. The van der Waals surface area contributed by atoms with Gasteiger partial charge in [-0.3, -0.25) is 10.2 Å². The average molecular weight is 448 g/mol. The lowest BCUT2D eigenvalue weighted by atomic mass is 10.2. The fourth-order valence-corrected chi connectivity index (χ4v) is 3.64. The van der Waals surface area contributed by atoms with E-state index in [0.717, 1.165) is 44.8 Å². The van der Waals surface area contributed by atoms with E-state index in [0.29, 0.717) is 29.5 Å². The largest absolute Gasteiger partial charge is 0.493 e. The van der Waals surface area contributed by atoms with E-state index in [2.05, 4.69) is 15.1 Å². The molecule has 2 aromatic carbocycles. The molecule has 32 heavy (non-hydrogen) atoms. The molecule has 1 fully saturated rings. The van der Waals surface area contributed by atoms with Gasteiger partial charge >= 0.3 is 6.09 Å². The molecule has 1 amide bonds. The summed E-state index contributed by atoms with van der Waals surface area (Å²) < 4.78 is 34.2. The van der Waals surface area contributed by atoms with E-state index in [-0.39, 0.29) is 5.82 Å². The molecule has 2 aromatic rings. The number of carbonyl (C=O) groups is 1. The second kappa shape index (κ2) is 11.4. The Bertz CT molecular complexity index is 861. The van der Waals surface area contributed by atoms with Gasteiger partial charge in [-0.2, -0.15) is 0 Å². The molecule has 1 saturated heterocycles. The van der Waals surface area contributed by atoms with Gasteiger partial charge in [0.2, 0.25) is 5.75 Å². The molecule has 8 nitrogen and oxygen atoms in total. The van der Waals surface area contributed by atoms with Crippen molar-refractivity contribution >= 4 is 17.5 Å². The lowest BCUT2D eigenvalue weighted by Gasteiger charge is -2.36. The van der Waals surface area contributed by atoms with Crippen molar-refractivity contribution in [2.45, 2.75) is 6.42 Å². The average Bonchev–Trinajstić information content (AvgIpc) is 2.82. The normalized spacial score (nSPS) is 14.1. The number of carbonyl (C=O) groups excluding carboxylic acids is 1. The highest BCUT2D eigenvalue weighted by Gasteiger charge is 2.18. The zero-order valence-corrected chi connectivity index (χ0v) is 18.7. The molecule has 1 heterocycles. The maximum atomic E-state index is 13.1. The van der Waals surface area contributed by atoms with Gasteiger partial charge in [0.1, 0.15) is 5.82 Å². The molecule has 3 rings (SSSR count). The lowest BCUT2D eigenvalue weighted by molar-refractivity contribution is 0.151. The first-order valence-electron chi connectivity index (χ1n) is 10.5. The summed E-state index contributed by atoms with van der Waals surface area (Å²) in [5.74, 6) is 1.12. The van der Waals surface area contributed by atoms with Gasteiger partial charge in [0, 0.05) is 50.5 Å². The Morgan fingerprint density at radius 2 is 1.59 bits per heavy atom. The smallest absolute Gasteiger partial charge is 0.411 e. The summed E-state index contributed by atoms with van der Waals surface area (Å²) in [6.45, 7) is 4.75. The van der Waals surface area contributed by atoms with Crippen molar-refractivity contribution in [2.75, 3.05) is 70.9 Å². The first-order valence-corrected chi connectivity index (χ1v) is 10.5. The van der Waals surface area contributed by atoms with Crippen LogP contribution < -0.4 is 24.4 Å². The van der Waals surface area contributed by atoms with E-state index >= 15 is 0 Å². The second-order valence-corrected chi connectivity index (χ2v) is 7.33. The van der Waals surface area contributed by atoms with Crippen LogP contribution in [0.25, 0.3) is 0 Å². The van der Waals surface area contributed by atoms with Gasteiger partial charge in [-0.15, -0.1) is 0 Å². The Balaban J connectivity index is 1.38. The number of ether oxygens (including phenoxy) is 4. The number of amides is 1. The van der Waals surface area contributed by atoms with Crippen molar-refractivity contribution in [3.05, 3.63) is 42.2 Å². The number of benzene rings is 2. The topological polar surface area (TPSA) is 72.5 Å². The number of hydrogen-bond acceptors (Lipinski definition) is 7. The second-order valence-electron chi connectivity index (χ2n) is 7.33. The fourth-order valence-electron chi connectivity index (χ4n) is 3.64. The van der Waals surface area contributed by atoms with E-state index in [1.807, 2.05) is 12.1 Å². The van der Waals surface area contributed by atoms with Crippen molar-refractivity contribution in [3.63, 3.8) is 0 Å². The van der Waals surface area contributed by atoms with Gasteiger partial charge in [-0.25, -0.2) is 9.18 Å². The molecular weight excluding hydrogens is 417 g/mol. The Morgan fingerprint density at radius 1 is 0.969 bits per heavy atom. The highest BCUT2D eigenvalue weighted by atomic mass is 19.1. The van der Waals surface area contributed by atoms with Crippen molar-refractivity contribution in [1.29, 1.82) is 0 Å². The van der Waals surface area contributed by atoms with Crippen LogP contribution in [0.2, 0.25) is 0 Å². The molecule has 1 N–H and O–H groups in total. The minimum Gasteiger partial charge on any atom is -0.493 e. The van der Waals surface area contributed by atoms with Crippen molar-refractivity contribution in [2.24, 2.45) is 0 Å². The van der Waals surface area contributed by atoms with Crippen LogP contribution in [0.4, 0.5) is 20.6 Å². The summed E-state index contributed by atoms with van der Waals surface area (Å²) in [5.41, 5.74) is 1.53. The summed E-state index contributed by atoms with van der Waals surface area (Å²) in [5, 5.41) is 2.69. The number of methoxy groups -OCH3 is 3. The summed E-state index contributed by atoms with van der Waals surface area (Å²) in [6.07, 6.45) is 0.194. The number of anilines is 2.